The Kier molecular flexibility index (Phi) is 4.71. The Hall–Kier alpha value is -2.12. The quantitative estimate of drug-likeness (QED) is 0.810. The predicted molar refractivity (Wildman–Crippen MR) is 87.0 cm³/mol. The predicted octanol–water partition coefficient (Wildman–Crippen LogP) is 3.56. The van der Waals surface area contributed by atoms with Gasteiger partial charge in [0.2, 0.25) is 0 Å². The summed E-state index contributed by atoms with van der Waals surface area (Å²) in [7, 11) is 0. The lowest BCUT2D eigenvalue weighted by Gasteiger charge is -2.38. The molecule has 0 unspecified atom stereocenters. The highest BCUT2D eigenvalue weighted by molar-refractivity contribution is 6.31. The molecule has 1 saturated carbocycles. The van der Waals surface area contributed by atoms with Crippen LogP contribution in [0, 0.1) is 5.82 Å². The van der Waals surface area contributed by atoms with Crippen molar-refractivity contribution < 1.29 is 18.0 Å². The van der Waals surface area contributed by atoms with Crippen molar-refractivity contribution in [3.8, 4) is 0 Å². The second-order valence-electron chi connectivity index (χ2n) is 5.95. The summed E-state index contributed by atoms with van der Waals surface area (Å²) in [6.07, 6.45) is 2.57. The molecule has 3 N–H and O–H groups in total. The van der Waals surface area contributed by atoms with Gasteiger partial charge in [0, 0.05) is 23.2 Å². The fourth-order valence-electron chi connectivity index (χ4n) is 2.95. The van der Waals surface area contributed by atoms with Crippen molar-refractivity contribution in [1.82, 2.24) is 10.3 Å². The first-order valence-electron chi connectivity index (χ1n) is 7.65. The number of nitrogens with zero attached hydrogens (tertiary/aromatic N) is 1. The summed E-state index contributed by atoms with van der Waals surface area (Å²) in [5, 5.41) is 2.99. The molecule has 1 aliphatic rings. The molecule has 1 amide bonds. The number of rotatable bonds is 4. The van der Waals surface area contributed by atoms with Crippen LogP contribution in [0.3, 0.4) is 0 Å². The fraction of sp³-hybridized carbons (Fsp3) is 0.294. The SMILES string of the molecule is NC(F)(F)c1ncccc1C(=O)N[C@@H]1CC[C@@H]1c1ccc(F)cc1Cl. The zero-order valence-electron chi connectivity index (χ0n) is 13.0. The third kappa shape index (κ3) is 3.62. The van der Waals surface area contributed by atoms with E-state index >= 15 is 0 Å². The molecular formula is C17H15ClF3N3O. The normalized spacial score (nSPS) is 20.0. The van der Waals surface area contributed by atoms with Crippen LogP contribution in [0.5, 0.6) is 0 Å². The van der Waals surface area contributed by atoms with Gasteiger partial charge in [-0.2, -0.15) is 8.78 Å². The van der Waals surface area contributed by atoms with Crippen molar-refractivity contribution in [2.24, 2.45) is 5.73 Å². The van der Waals surface area contributed by atoms with Crippen LogP contribution in [0.1, 0.15) is 40.4 Å². The van der Waals surface area contributed by atoms with Gasteiger partial charge < -0.3 is 5.32 Å². The molecule has 3 rings (SSSR count). The highest BCUT2D eigenvalue weighted by Crippen LogP contribution is 2.40. The van der Waals surface area contributed by atoms with Gasteiger partial charge in [-0.25, -0.2) is 4.39 Å². The summed E-state index contributed by atoms with van der Waals surface area (Å²) in [6, 6.07) is 2.72. The van der Waals surface area contributed by atoms with Gasteiger partial charge in [0.05, 0.1) is 5.56 Å². The first-order valence-corrected chi connectivity index (χ1v) is 8.03. The molecule has 0 saturated heterocycles. The fourth-order valence-corrected chi connectivity index (χ4v) is 3.25. The molecule has 0 spiro atoms. The zero-order chi connectivity index (χ0) is 18.2. The summed E-state index contributed by atoms with van der Waals surface area (Å²) in [5.41, 5.74) is 4.47. The summed E-state index contributed by atoms with van der Waals surface area (Å²) in [5.74, 6) is -1.23. The molecule has 132 valence electrons. The van der Waals surface area contributed by atoms with E-state index in [-0.39, 0.29) is 22.5 Å². The van der Waals surface area contributed by atoms with Gasteiger partial charge in [-0.15, -0.1) is 0 Å². The number of alkyl halides is 2. The molecule has 0 radical (unpaired) electrons. The summed E-state index contributed by atoms with van der Waals surface area (Å²) in [6.45, 7) is 0. The number of hydrogen-bond acceptors (Lipinski definition) is 3. The second kappa shape index (κ2) is 6.65. The van der Waals surface area contributed by atoms with E-state index in [4.69, 9.17) is 17.3 Å². The number of nitrogens with one attached hydrogen (secondary N) is 1. The molecule has 1 aromatic carbocycles. The maximum absolute atomic E-state index is 13.4. The van der Waals surface area contributed by atoms with E-state index in [2.05, 4.69) is 10.3 Å². The number of halogens is 4. The Morgan fingerprint density at radius 2 is 2.08 bits per heavy atom. The number of carbonyl (C=O) groups is 1. The van der Waals surface area contributed by atoms with Crippen molar-refractivity contribution in [2.75, 3.05) is 0 Å². The number of nitrogens with two attached hydrogens (primary N) is 1. The number of hydrogen-bond donors (Lipinski definition) is 2. The average Bonchev–Trinajstić information content (AvgIpc) is 2.53. The van der Waals surface area contributed by atoms with Crippen LogP contribution < -0.4 is 11.1 Å². The molecule has 1 aromatic heterocycles. The summed E-state index contributed by atoms with van der Waals surface area (Å²) in [4.78, 5) is 15.9. The molecule has 8 heteroatoms. The maximum atomic E-state index is 13.4. The van der Waals surface area contributed by atoms with Crippen LogP contribution in [0.25, 0.3) is 0 Å². The van der Waals surface area contributed by atoms with E-state index in [1.807, 2.05) is 0 Å². The lowest BCUT2D eigenvalue weighted by atomic mass is 9.75. The topological polar surface area (TPSA) is 68.0 Å². The molecule has 0 bridgehead atoms. The molecule has 25 heavy (non-hydrogen) atoms. The van der Waals surface area contributed by atoms with Gasteiger partial charge in [0.25, 0.3) is 5.91 Å². The van der Waals surface area contributed by atoms with Gasteiger partial charge in [-0.1, -0.05) is 17.7 Å². The first kappa shape index (κ1) is 17.7. The van der Waals surface area contributed by atoms with Gasteiger partial charge >= 0.3 is 6.05 Å². The van der Waals surface area contributed by atoms with Crippen molar-refractivity contribution in [2.45, 2.75) is 30.8 Å². The van der Waals surface area contributed by atoms with E-state index in [9.17, 15) is 18.0 Å². The van der Waals surface area contributed by atoms with Gasteiger partial charge in [-0.3, -0.25) is 15.5 Å². The smallest absolute Gasteiger partial charge is 0.344 e. The van der Waals surface area contributed by atoms with E-state index in [1.54, 1.807) is 6.07 Å². The Morgan fingerprint density at radius 3 is 2.68 bits per heavy atom. The minimum atomic E-state index is -3.72. The number of pyridine rings is 1. The van der Waals surface area contributed by atoms with E-state index in [1.165, 1.54) is 24.3 Å². The van der Waals surface area contributed by atoms with E-state index < -0.39 is 23.5 Å². The molecule has 0 aliphatic heterocycles. The van der Waals surface area contributed by atoms with E-state index in [0.29, 0.717) is 6.42 Å². The lowest BCUT2D eigenvalue weighted by Crippen LogP contribution is -2.46. The molecule has 1 fully saturated rings. The molecule has 4 nitrogen and oxygen atoms in total. The molecule has 2 aromatic rings. The standard InChI is InChI=1S/C17H15ClF3N3O/c18-13-8-9(19)3-4-10(13)11-5-6-14(11)24-16(25)12-2-1-7-23-15(12)17(20,21)22/h1-4,7-8,11,14H,5-6,22H2,(H,24,25)/t11-,14-/m1/s1. The van der Waals surface area contributed by atoms with Gasteiger partial charge in [0.1, 0.15) is 11.5 Å². The van der Waals surface area contributed by atoms with E-state index in [0.717, 1.165) is 18.2 Å². The number of benzene rings is 1. The Labute approximate surface area is 147 Å². The van der Waals surface area contributed by atoms with Crippen LogP contribution in [-0.4, -0.2) is 16.9 Å². The van der Waals surface area contributed by atoms with Crippen LogP contribution >= 0.6 is 11.6 Å². The minimum absolute atomic E-state index is 0.101. The third-order valence-corrected chi connectivity index (χ3v) is 4.65. The largest absolute Gasteiger partial charge is 0.349 e. The zero-order valence-corrected chi connectivity index (χ0v) is 13.7. The molecule has 1 aliphatic carbocycles. The molecule has 1 heterocycles. The number of amides is 1. The monoisotopic (exact) mass is 369 g/mol. The van der Waals surface area contributed by atoms with Crippen LogP contribution in [0.15, 0.2) is 36.5 Å². The number of carbonyl (C=O) groups excluding carboxylic acids is 1. The summed E-state index contributed by atoms with van der Waals surface area (Å²) >= 11 is 6.06. The van der Waals surface area contributed by atoms with Crippen molar-refractivity contribution in [1.29, 1.82) is 0 Å². The Bertz CT molecular complexity index is 810. The highest BCUT2D eigenvalue weighted by Gasteiger charge is 2.37. The van der Waals surface area contributed by atoms with Gasteiger partial charge in [0.15, 0.2) is 0 Å². The second-order valence-corrected chi connectivity index (χ2v) is 6.36. The van der Waals surface area contributed by atoms with Gasteiger partial charge in [-0.05, 0) is 42.7 Å². The highest BCUT2D eigenvalue weighted by atomic mass is 35.5. The summed E-state index contributed by atoms with van der Waals surface area (Å²) < 4.78 is 40.0. The van der Waals surface area contributed by atoms with Crippen molar-refractivity contribution in [3.63, 3.8) is 0 Å². The lowest BCUT2D eigenvalue weighted by molar-refractivity contribution is -0.00268. The first-order chi connectivity index (χ1) is 11.8. The molecule has 2 atom stereocenters. The van der Waals surface area contributed by atoms with Crippen LogP contribution in [0.2, 0.25) is 5.02 Å². The third-order valence-electron chi connectivity index (χ3n) is 4.32. The average molecular weight is 370 g/mol. The van der Waals surface area contributed by atoms with Crippen LogP contribution in [0.4, 0.5) is 13.2 Å². The minimum Gasteiger partial charge on any atom is -0.349 e. The Morgan fingerprint density at radius 1 is 1.32 bits per heavy atom. The Balaban J connectivity index is 1.78. The van der Waals surface area contributed by atoms with Crippen LogP contribution in [-0.2, 0) is 6.05 Å². The molecular weight excluding hydrogens is 355 g/mol. The maximum Gasteiger partial charge on any atom is 0.344 e. The van der Waals surface area contributed by atoms with Crippen molar-refractivity contribution >= 4 is 17.5 Å². The van der Waals surface area contributed by atoms with Crippen molar-refractivity contribution in [3.05, 3.63) is 64.2 Å². The number of aromatic nitrogens is 1.